The normalized spacial score (nSPS) is 11.2. The van der Waals surface area contributed by atoms with Gasteiger partial charge in [-0.15, -0.1) is 0 Å². The van der Waals surface area contributed by atoms with E-state index in [9.17, 15) is 4.79 Å². The molecule has 2 aromatic carbocycles. The quantitative estimate of drug-likeness (QED) is 0.351. The van der Waals surface area contributed by atoms with E-state index in [-0.39, 0.29) is 11.7 Å². The van der Waals surface area contributed by atoms with E-state index in [4.69, 9.17) is 22.5 Å². The summed E-state index contributed by atoms with van der Waals surface area (Å²) in [5.41, 5.74) is 7.46. The largest absolute Gasteiger partial charge is 0.409 e. The van der Waals surface area contributed by atoms with Crippen LogP contribution in [0.25, 0.3) is 0 Å². The number of nitrogens with two attached hydrogens (primary N) is 1. The van der Waals surface area contributed by atoms with Crippen LogP contribution < -0.4 is 11.1 Å². The zero-order valence-corrected chi connectivity index (χ0v) is 11.8. The third-order valence-corrected chi connectivity index (χ3v) is 3.05. The standard InChI is InChI=1S/C15H14ClN3O2/c16-12-3-1-2-11(9-12)15(20)18-13-6-4-10(5-7-13)8-14(17)19-21/h1-7,9,21H,8H2,(H2,17,19)(H,18,20). The van der Waals surface area contributed by atoms with Gasteiger partial charge in [-0.05, 0) is 35.9 Å². The number of hydrogen-bond donors (Lipinski definition) is 3. The Morgan fingerprint density at radius 1 is 1.24 bits per heavy atom. The molecule has 0 aromatic heterocycles. The molecule has 1 amide bonds. The van der Waals surface area contributed by atoms with Crippen molar-refractivity contribution in [3.05, 3.63) is 64.7 Å². The molecule has 0 radical (unpaired) electrons. The number of hydrogen-bond acceptors (Lipinski definition) is 3. The Labute approximate surface area is 127 Å². The summed E-state index contributed by atoms with van der Waals surface area (Å²) in [7, 11) is 0. The van der Waals surface area contributed by atoms with Gasteiger partial charge >= 0.3 is 0 Å². The zero-order valence-electron chi connectivity index (χ0n) is 11.1. The second-order valence-corrected chi connectivity index (χ2v) is 4.87. The minimum atomic E-state index is -0.235. The Morgan fingerprint density at radius 3 is 2.57 bits per heavy atom. The number of anilines is 1. The lowest BCUT2D eigenvalue weighted by molar-refractivity contribution is 0.102. The van der Waals surface area contributed by atoms with Crippen molar-refractivity contribution in [2.75, 3.05) is 5.32 Å². The molecule has 108 valence electrons. The van der Waals surface area contributed by atoms with Crippen molar-refractivity contribution in [2.24, 2.45) is 10.9 Å². The molecule has 0 heterocycles. The molecule has 0 fully saturated rings. The summed E-state index contributed by atoms with van der Waals surface area (Å²) in [5, 5.41) is 14.7. The smallest absolute Gasteiger partial charge is 0.255 e. The van der Waals surface area contributed by atoms with Crippen molar-refractivity contribution in [3.8, 4) is 0 Å². The van der Waals surface area contributed by atoms with Crippen LogP contribution in [0.4, 0.5) is 5.69 Å². The van der Waals surface area contributed by atoms with Crippen LogP contribution in [0.15, 0.2) is 53.7 Å². The Kier molecular flexibility index (Phi) is 4.79. The average Bonchev–Trinajstić information content (AvgIpc) is 2.49. The number of rotatable bonds is 4. The fourth-order valence-corrected chi connectivity index (χ4v) is 1.97. The highest BCUT2D eigenvalue weighted by Gasteiger charge is 2.06. The van der Waals surface area contributed by atoms with Crippen LogP contribution in [0.1, 0.15) is 15.9 Å². The maximum absolute atomic E-state index is 12.0. The maximum Gasteiger partial charge on any atom is 0.255 e. The zero-order chi connectivity index (χ0) is 15.2. The van der Waals surface area contributed by atoms with Gasteiger partial charge in [-0.1, -0.05) is 35.0 Å². The van der Waals surface area contributed by atoms with Crippen LogP contribution in [0.5, 0.6) is 0 Å². The molecular formula is C15H14ClN3O2. The summed E-state index contributed by atoms with van der Waals surface area (Å²) < 4.78 is 0. The summed E-state index contributed by atoms with van der Waals surface area (Å²) in [4.78, 5) is 12.0. The molecule has 21 heavy (non-hydrogen) atoms. The average molecular weight is 304 g/mol. The molecule has 0 bridgehead atoms. The molecule has 6 heteroatoms. The molecule has 0 spiro atoms. The van der Waals surface area contributed by atoms with Crippen molar-refractivity contribution < 1.29 is 10.0 Å². The first-order valence-corrected chi connectivity index (χ1v) is 6.58. The van der Waals surface area contributed by atoms with Gasteiger partial charge in [0, 0.05) is 22.7 Å². The highest BCUT2D eigenvalue weighted by Crippen LogP contribution is 2.14. The van der Waals surface area contributed by atoms with E-state index in [1.807, 2.05) is 0 Å². The molecule has 0 unspecified atom stereocenters. The number of halogens is 1. The highest BCUT2D eigenvalue weighted by atomic mass is 35.5. The number of benzene rings is 2. The summed E-state index contributed by atoms with van der Waals surface area (Å²) in [6, 6.07) is 13.8. The SMILES string of the molecule is NC(Cc1ccc(NC(=O)c2cccc(Cl)c2)cc1)=NO. The number of oxime groups is 1. The number of amidine groups is 1. The van der Waals surface area contributed by atoms with Gasteiger partial charge in [-0.3, -0.25) is 4.79 Å². The Balaban J connectivity index is 2.05. The molecule has 0 atom stereocenters. The number of nitrogens with zero attached hydrogens (tertiary/aromatic N) is 1. The fourth-order valence-electron chi connectivity index (χ4n) is 1.78. The molecule has 2 rings (SSSR count). The lowest BCUT2D eigenvalue weighted by Crippen LogP contribution is -2.15. The molecule has 0 aliphatic carbocycles. The van der Waals surface area contributed by atoms with Gasteiger partial charge in [-0.2, -0.15) is 0 Å². The Morgan fingerprint density at radius 2 is 1.95 bits per heavy atom. The van der Waals surface area contributed by atoms with Gasteiger partial charge in [0.05, 0.1) is 0 Å². The predicted octanol–water partition coefficient (Wildman–Crippen LogP) is 2.88. The van der Waals surface area contributed by atoms with Gasteiger partial charge in [-0.25, -0.2) is 0 Å². The number of amides is 1. The molecule has 0 aliphatic rings. The van der Waals surface area contributed by atoms with Gasteiger partial charge in [0.2, 0.25) is 0 Å². The van der Waals surface area contributed by atoms with E-state index >= 15 is 0 Å². The molecule has 0 aliphatic heterocycles. The van der Waals surface area contributed by atoms with Gasteiger partial charge in [0.1, 0.15) is 5.84 Å². The number of carbonyl (C=O) groups excluding carboxylic acids is 1. The maximum atomic E-state index is 12.0. The Hall–Kier alpha value is -2.53. The van der Waals surface area contributed by atoms with E-state index in [0.717, 1.165) is 5.56 Å². The van der Waals surface area contributed by atoms with E-state index in [0.29, 0.717) is 22.7 Å². The van der Waals surface area contributed by atoms with Crippen LogP contribution in [-0.2, 0) is 6.42 Å². The van der Waals surface area contributed by atoms with Gasteiger partial charge in [0.25, 0.3) is 5.91 Å². The molecule has 0 saturated heterocycles. The third-order valence-electron chi connectivity index (χ3n) is 2.81. The van der Waals surface area contributed by atoms with Crippen LogP contribution in [0, 0.1) is 0 Å². The third kappa shape index (κ3) is 4.22. The van der Waals surface area contributed by atoms with Crippen molar-refractivity contribution in [1.29, 1.82) is 0 Å². The van der Waals surface area contributed by atoms with Crippen LogP contribution in [0.3, 0.4) is 0 Å². The van der Waals surface area contributed by atoms with Gasteiger partial charge < -0.3 is 16.3 Å². The van der Waals surface area contributed by atoms with Crippen molar-refractivity contribution in [2.45, 2.75) is 6.42 Å². The van der Waals surface area contributed by atoms with Crippen molar-refractivity contribution in [1.82, 2.24) is 0 Å². The molecular weight excluding hydrogens is 290 g/mol. The summed E-state index contributed by atoms with van der Waals surface area (Å²) in [6.45, 7) is 0. The number of carbonyl (C=O) groups is 1. The first-order chi connectivity index (χ1) is 10.1. The van der Waals surface area contributed by atoms with Crippen LogP contribution in [0.2, 0.25) is 5.02 Å². The lowest BCUT2D eigenvalue weighted by atomic mass is 10.1. The fraction of sp³-hybridized carbons (Fsp3) is 0.0667. The first-order valence-electron chi connectivity index (χ1n) is 6.21. The molecule has 0 saturated carbocycles. The van der Waals surface area contributed by atoms with E-state index in [2.05, 4.69) is 10.5 Å². The van der Waals surface area contributed by atoms with Crippen LogP contribution >= 0.6 is 11.6 Å². The van der Waals surface area contributed by atoms with Crippen molar-refractivity contribution >= 4 is 29.0 Å². The van der Waals surface area contributed by atoms with Crippen LogP contribution in [-0.4, -0.2) is 17.0 Å². The minimum Gasteiger partial charge on any atom is -0.409 e. The van der Waals surface area contributed by atoms with Gasteiger partial charge in [0.15, 0.2) is 0 Å². The summed E-state index contributed by atoms with van der Waals surface area (Å²) >= 11 is 5.85. The van der Waals surface area contributed by atoms with E-state index in [1.165, 1.54) is 0 Å². The minimum absolute atomic E-state index is 0.130. The number of nitrogens with one attached hydrogen (secondary N) is 1. The van der Waals surface area contributed by atoms with E-state index < -0.39 is 0 Å². The highest BCUT2D eigenvalue weighted by molar-refractivity contribution is 6.31. The predicted molar refractivity (Wildman–Crippen MR) is 83.0 cm³/mol. The Bertz CT molecular complexity index is 669. The molecule has 2 aromatic rings. The second-order valence-electron chi connectivity index (χ2n) is 4.43. The van der Waals surface area contributed by atoms with E-state index in [1.54, 1.807) is 48.5 Å². The molecule has 4 N–H and O–H groups in total. The first kappa shape index (κ1) is 14.9. The lowest BCUT2D eigenvalue weighted by Gasteiger charge is -2.07. The topological polar surface area (TPSA) is 87.7 Å². The second kappa shape index (κ2) is 6.76. The monoisotopic (exact) mass is 303 g/mol. The summed E-state index contributed by atoms with van der Waals surface area (Å²) in [6.07, 6.45) is 0.346. The summed E-state index contributed by atoms with van der Waals surface area (Å²) in [5.74, 6) is -0.104. The molecule has 5 nitrogen and oxygen atoms in total. The van der Waals surface area contributed by atoms with Crippen molar-refractivity contribution in [3.63, 3.8) is 0 Å².